The van der Waals surface area contributed by atoms with Crippen molar-refractivity contribution in [2.45, 2.75) is 13.0 Å². The predicted molar refractivity (Wildman–Crippen MR) is 62.6 cm³/mol. The van der Waals surface area contributed by atoms with Gasteiger partial charge in [-0.25, -0.2) is 0 Å². The number of amides is 1. The first kappa shape index (κ1) is 12.4. The molecule has 1 rings (SSSR count). The van der Waals surface area contributed by atoms with Gasteiger partial charge in [-0.1, -0.05) is 0 Å². The zero-order valence-corrected chi connectivity index (χ0v) is 9.77. The monoisotopic (exact) mass is 223 g/mol. The van der Waals surface area contributed by atoms with Crippen LogP contribution >= 0.6 is 0 Å². The van der Waals surface area contributed by atoms with Crippen molar-refractivity contribution < 1.29 is 9.90 Å². The van der Waals surface area contributed by atoms with Gasteiger partial charge in [-0.2, -0.15) is 0 Å². The van der Waals surface area contributed by atoms with Crippen molar-refractivity contribution in [1.29, 1.82) is 0 Å². The Kier molecular flexibility index (Phi) is 4.25. The number of nitrogens with one attached hydrogen (secondary N) is 1. The van der Waals surface area contributed by atoms with Gasteiger partial charge in [0.15, 0.2) is 0 Å². The maximum absolute atomic E-state index is 11.4. The molecular formula is C11H17N3O2. The number of carbonyl (C=O) groups excluding carboxylic acids is 1. The molecule has 0 aliphatic carbocycles. The number of likely N-dealkylation sites (N-methyl/N-ethyl adjacent to an activating group) is 1. The van der Waals surface area contributed by atoms with Crippen LogP contribution in [0.25, 0.3) is 0 Å². The van der Waals surface area contributed by atoms with E-state index in [1.165, 1.54) is 0 Å². The highest BCUT2D eigenvalue weighted by molar-refractivity contribution is 5.92. The van der Waals surface area contributed by atoms with E-state index < -0.39 is 0 Å². The van der Waals surface area contributed by atoms with Crippen molar-refractivity contribution in [2.24, 2.45) is 0 Å². The number of aliphatic hydroxyl groups excluding tert-OH is 1. The third-order valence-corrected chi connectivity index (χ3v) is 2.54. The van der Waals surface area contributed by atoms with Gasteiger partial charge in [-0.3, -0.25) is 9.78 Å². The molecule has 5 heteroatoms. The van der Waals surface area contributed by atoms with E-state index in [2.05, 4.69) is 10.3 Å². The molecule has 0 aliphatic rings. The number of nitrogens with zero attached hydrogens (tertiary/aromatic N) is 2. The molecule has 88 valence electrons. The van der Waals surface area contributed by atoms with Gasteiger partial charge in [0.2, 0.25) is 0 Å². The fraction of sp³-hybridized carbons (Fsp3) is 0.455. The fourth-order valence-electron chi connectivity index (χ4n) is 1.27. The van der Waals surface area contributed by atoms with E-state index in [0.29, 0.717) is 5.69 Å². The summed E-state index contributed by atoms with van der Waals surface area (Å²) in [4.78, 5) is 17.3. The summed E-state index contributed by atoms with van der Waals surface area (Å²) in [5.41, 5.74) is 1.23. The Balaban J connectivity index is 2.94. The number of hydrogen-bond acceptors (Lipinski definition) is 4. The molecule has 1 atom stereocenters. The van der Waals surface area contributed by atoms with Crippen LogP contribution < -0.4 is 10.2 Å². The summed E-state index contributed by atoms with van der Waals surface area (Å²) >= 11 is 0. The topological polar surface area (TPSA) is 65.5 Å². The second-order valence-electron chi connectivity index (χ2n) is 3.62. The highest BCUT2D eigenvalue weighted by Gasteiger charge is 2.11. The van der Waals surface area contributed by atoms with Gasteiger partial charge < -0.3 is 15.3 Å². The Hall–Kier alpha value is -1.62. The van der Waals surface area contributed by atoms with E-state index in [0.717, 1.165) is 5.69 Å². The molecule has 0 aliphatic heterocycles. The molecule has 0 bridgehead atoms. The van der Waals surface area contributed by atoms with Crippen LogP contribution in [0.4, 0.5) is 5.69 Å². The van der Waals surface area contributed by atoms with Crippen LogP contribution in [0.15, 0.2) is 18.3 Å². The smallest absolute Gasteiger partial charge is 0.269 e. The van der Waals surface area contributed by atoms with Crippen LogP contribution in [0.5, 0.6) is 0 Å². The Morgan fingerprint density at radius 3 is 2.94 bits per heavy atom. The quantitative estimate of drug-likeness (QED) is 0.768. The molecule has 2 N–H and O–H groups in total. The van der Waals surface area contributed by atoms with Gasteiger partial charge in [0.1, 0.15) is 5.69 Å². The highest BCUT2D eigenvalue weighted by atomic mass is 16.3. The molecule has 0 fully saturated rings. The van der Waals surface area contributed by atoms with Crippen molar-refractivity contribution in [3.05, 3.63) is 24.0 Å². The summed E-state index contributed by atoms with van der Waals surface area (Å²) in [6.07, 6.45) is 1.58. The maximum atomic E-state index is 11.4. The number of hydrogen-bond donors (Lipinski definition) is 2. The van der Waals surface area contributed by atoms with Gasteiger partial charge >= 0.3 is 0 Å². The number of aromatic nitrogens is 1. The van der Waals surface area contributed by atoms with Crippen molar-refractivity contribution in [3.63, 3.8) is 0 Å². The zero-order chi connectivity index (χ0) is 12.1. The minimum atomic E-state index is -0.216. The highest BCUT2D eigenvalue weighted by Crippen LogP contribution is 2.15. The second-order valence-corrected chi connectivity index (χ2v) is 3.62. The maximum Gasteiger partial charge on any atom is 0.269 e. The number of aliphatic hydroxyl groups is 1. The van der Waals surface area contributed by atoms with Crippen LogP contribution in [0.2, 0.25) is 0 Å². The first-order valence-corrected chi connectivity index (χ1v) is 5.12. The lowest BCUT2D eigenvalue weighted by atomic mass is 10.2. The summed E-state index contributed by atoms with van der Waals surface area (Å²) in [5, 5.41) is 11.6. The average molecular weight is 223 g/mol. The summed E-state index contributed by atoms with van der Waals surface area (Å²) in [6.45, 7) is 1.97. The van der Waals surface area contributed by atoms with Gasteiger partial charge in [-0.15, -0.1) is 0 Å². The van der Waals surface area contributed by atoms with Crippen LogP contribution in [-0.2, 0) is 0 Å². The number of carbonyl (C=O) groups is 1. The molecule has 5 nitrogen and oxygen atoms in total. The van der Waals surface area contributed by atoms with Crippen molar-refractivity contribution in [3.8, 4) is 0 Å². The molecule has 0 saturated heterocycles. The Bertz CT molecular complexity index is 368. The predicted octanol–water partition coefficient (Wildman–Crippen LogP) is 0.258. The first-order chi connectivity index (χ1) is 7.60. The minimum Gasteiger partial charge on any atom is -0.394 e. The van der Waals surface area contributed by atoms with Gasteiger partial charge in [0.25, 0.3) is 5.91 Å². The third-order valence-electron chi connectivity index (χ3n) is 2.54. The Morgan fingerprint density at radius 1 is 1.69 bits per heavy atom. The van der Waals surface area contributed by atoms with Crippen LogP contribution in [0.3, 0.4) is 0 Å². The van der Waals surface area contributed by atoms with Crippen molar-refractivity contribution in [1.82, 2.24) is 10.3 Å². The van der Waals surface area contributed by atoms with E-state index >= 15 is 0 Å². The van der Waals surface area contributed by atoms with Gasteiger partial charge in [0.05, 0.1) is 6.61 Å². The fourth-order valence-corrected chi connectivity index (χ4v) is 1.27. The molecule has 1 heterocycles. The molecule has 1 amide bonds. The summed E-state index contributed by atoms with van der Waals surface area (Å²) < 4.78 is 0. The molecule has 1 aromatic heterocycles. The van der Waals surface area contributed by atoms with E-state index in [4.69, 9.17) is 5.11 Å². The molecular weight excluding hydrogens is 206 g/mol. The van der Waals surface area contributed by atoms with E-state index in [9.17, 15) is 4.79 Å². The van der Waals surface area contributed by atoms with E-state index in [-0.39, 0.29) is 18.6 Å². The molecule has 0 spiro atoms. The molecule has 0 radical (unpaired) electrons. The van der Waals surface area contributed by atoms with E-state index in [1.54, 1.807) is 25.4 Å². The number of pyridine rings is 1. The SMILES string of the molecule is CNC(=O)c1cc(N(C)C(C)CO)ccn1. The largest absolute Gasteiger partial charge is 0.394 e. The molecule has 1 unspecified atom stereocenters. The van der Waals surface area contributed by atoms with Crippen molar-refractivity contribution >= 4 is 11.6 Å². The Morgan fingerprint density at radius 2 is 2.38 bits per heavy atom. The van der Waals surface area contributed by atoms with Crippen LogP contribution in [-0.4, -0.2) is 42.7 Å². The lowest BCUT2D eigenvalue weighted by Gasteiger charge is -2.25. The summed E-state index contributed by atoms with van der Waals surface area (Å²) in [7, 11) is 3.43. The second kappa shape index (κ2) is 5.46. The van der Waals surface area contributed by atoms with Crippen LogP contribution in [0, 0.1) is 0 Å². The summed E-state index contributed by atoms with van der Waals surface area (Å²) in [5.74, 6) is -0.216. The molecule has 1 aromatic rings. The van der Waals surface area contributed by atoms with Crippen LogP contribution in [0.1, 0.15) is 17.4 Å². The van der Waals surface area contributed by atoms with Gasteiger partial charge in [0, 0.05) is 32.0 Å². The number of anilines is 1. The minimum absolute atomic E-state index is 0.0000576. The average Bonchev–Trinajstić information content (AvgIpc) is 2.36. The third kappa shape index (κ3) is 2.70. The van der Waals surface area contributed by atoms with Crippen molar-refractivity contribution in [2.75, 3.05) is 25.6 Å². The Labute approximate surface area is 95.1 Å². The standard InChI is InChI=1S/C11H17N3O2/c1-8(7-15)14(3)9-4-5-13-10(6-9)11(16)12-2/h4-6,8,15H,7H2,1-3H3,(H,12,16). The van der Waals surface area contributed by atoms with Gasteiger partial charge in [-0.05, 0) is 19.1 Å². The molecule has 0 saturated carbocycles. The molecule has 16 heavy (non-hydrogen) atoms. The normalized spacial score (nSPS) is 12.0. The zero-order valence-electron chi connectivity index (χ0n) is 9.77. The first-order valence-electron chi connectivity index (χ1n) is 5.12. The lowest BCUT2D eigenvalue weighted by Crippen LogP contribution is -2.32. The lowest BCUT2D eigenvalue weighted by molar-refractivity contribution is 0.0958. The summed E-state index contributed by atoms with van der Waals surface area (Å²) in [6, 6.07) is 3.50. The number of rotatable bonds is 4. The van der Waals surface area contributed by atoms with E-state index in [1.807, 2.05) is 18.9 Å². The molecule has 0 aromatic carbocycles.